The Morgan fingerprint density at radius 2 is 1.89 bits per heavy atom. The molecule has 10 heteroatoms. The molecule has 5 rings (SSSR count). The SMILES string of the molecule is Cl.N#Cc1c(-c2cccc(NC(=O)[C@H]3CCCN3)c2)cc(-c2ccccc2O)nc1NC(=O)c1cccs1. The van der Waals surface area contributed by atoms with Gasteiger partial charge in [-0.3, -0.25) is 9.59 Å². The topological polar surface area (TPSA) is 127 Å². The number of para-hydroxylation sites is 1. The van der Waals surface area contributed by atoms with E-state index in [0.29, 0.717) is 32.9 Å². The summed E-state index contributed by atoms with van der Waals surface area (Å²) < 4.78 is 0. The molecule has 38 heavy (non-hydrogen) atoms. The third-order valence-electron chi connectivity index (χ3n) is 6.11. The number of nitriles is 1. The Balaban J connectivity index is 0.00000336. The summed E-state index contributed by atoms with van der Waals surface area (Å²) in [6.07, 6.45) is 1.74. The minimum Gasteiger partial charge on any atom is -0.507 e. The standard InChI is InChI=1S/C28H23N5O3S.ClH/c29-16-21-20(17-6-3-7-18(14-17)31-27(35)22-9-4-12-30-22)15-23(19-8-1-2-10-24(19)34)32-26(21)33-28(36)25-11-5-13-37-25;/h1-3,5-8,10-11,13-15,22,30,34H,4,9,12H2,(H,31,35)(H,32,33,36);1H/t22-;/m1./s1. The van der Waals surface area contributed by atoms with Crippen molar-refractivity contribution in [3.8, 4) is 34.2 Å². The number of halogens is 1. The third-order valence-corrected chi connectivity index (χ3v) is 6.97. The van der Waals surface area contributed by atoms with Gasteiger partial charge in [0.15, 0.2) is 5.82 Å². The number of anilines is 2. The predicted molar refractivity (Wildman–Crippen MR) is 151 cm³/mol. The summed E-state index contributed by atoms with van der Waals surface area (Å²) in [7, 11) is 0. The van der Waals surface area contributed by atoms with Crippen molar-refractivity contribution in [1.82, 2.24) is 10.3 Å². The molecule has 0 unspecified atom stereocenters. The lowest BCUT2D eigenvalue weighted by Crippen LogP contribution is -2.35. The van der Waals surface area contributed by atoms with Gasteiger partial charge in [-0.1, -0.05) is 30.3 Å². The molecule has 4 aromatic rings. The van der Waals surface area contributed by atoms with Gasteiger partial charge < -0.3 is 21.1 Å². The number of aromatic nitrogens is 1. The van der Waals surface area contributed by atoms with Crippen molar-refractivity contribution < 1.29 is 14.7 Å². The lowest BCUT2D eigenvalue weighted by atomic mass is 9.97. The number of nitrogens with one attached hydrogen (secondary N) is 3. The van der Waals surface area contributed by atoms with E-state index < -0.39 is 0 Å². The summed E-state index contributed by atoms with van der Waals surface area (Å²) in [5.74, 6) is -0.388. The smallest absolute Gasteiger partial charge is 0.266 e. The molecule has 1 aliphatic rings. The van der Waals surface area contributed by atoms with Crippen LogP contribution >= 0.6 is 23.7 Å². The first-order valence-corrected chi connectivity index (χ1v) is 12.6. The van der Waals surface area contributed by atoms with Crippen molar-refractivity contribution in [3.63, 3.8) is 0 Å². The average Bonchev–Trinajstić information content (AvgIpc) is 3.64. The summed E-state index contributed by atoms with van der Waals surface area (Å²) in [5.41, 5.74) is 2.76. The molecule has 1 aliphatic heterocycles. The van der Waals surface area contributed by atoms with Crippen LogP contribution in [0.3, 0.4) is 0 Å². The lowest BCUT2D eigenvalue weighted by molar-refractivity contribution is -0.117. The summed E-state index contributed by atoms with van der Waals surface area (Å²) in [6.45, 7) is 0.815. The highest BCUT2D eigenvalue weighted by Gasteiger charge is 2.23. The van der Waals surface area contributed by atoms with E-state index in [4.69, 9.17) is 0 Å². The van der Waals surface area contributed by atoms with Crippen LogP contribution in [0.5, 0.6) is 5.75 Å². The van der Waals surface area contributed by atoms with Gasteiger partial charge in [0.2, 0.25) is 5.91 Å². The summed E-state index contributed by atoms with van der Waals surface area (Å²) in [5, 5.41) is 31.3. The number of amides is 2. The number of rotatable bonds is 6. The van der Waals surface area contributed by atoms with Crippen LogP contribution in [-0.2, 0) is 4.79 Å². The number of benzene rings is 2. The molecule has 1 fully saturated rings. The number of phenolic OH excluding ortho intramolecular Hbond substituents is 1. The lowest BCUT2D eigenvalue weighted by Gasteiger charge is -2.15. The molecular formula is C28H24ClN5O3S. The second-order valence-electron chi connectivity index (χ2n) is 8.56. The first kappa shape index (κ1) is 26.8. The van der Waals surface area contributed by atoms with E-state index in [-0.39, 0.29) is 47.4 Å². The van der Waals surface area contributed by atoms with Crippen LogP contribution < -0.4 is 16.0 Å². The highest BCUT2D eigenvalue weighted by molar-refractivity contribution is 7.12. The number of hydrogen-bond acceptors (Lipinski definition) is 7. The molecular weight excluding hydrogens is 522 g/mol. The number of thiophene rings is 1. The van der Waals surface area contributed by atoms with Gasteiger partial charge in [0.25, 0.3) is 5.91 Å². The molecule has 0 saturated carbocycles. The number of pyridine rings is 1. The predicted octanol–water partition coefficient (Wildman–Crippen LogP) is 5.42. The van der Waals surface area contributed by atoms with E-state index in [0.717, 1.165) is 19.4 Å². The van der Waals surface area contributed by atoms with Gasteiger partial charge in [0, 0.05) is 16.8 Å². The van der Waals surface area contributed by atoms with Gasteiger partial charge in [-0.2, -0.15) is 5.26 Å². The maximum absolute atomic E-state index is 12.9. The number of aromatic hydroxyl groups is 1. The maximum Gasteiger partial charge on any atom is 0.266 e. The first-order chi connectivity index (χ1) is 18.0. The van der Waals surface area contributed by atoms with E-state index in [1.807, 2.05) is 6.07 Å². The molecule has 0 bridgehead atoms. The van der Waals surface area contributed by atoms with Crippen LogP contribution in [0, 0.1) is 11.3 Å². The van der Waals surface area contributed by atoms with Gasteiger partial charge in [-0.25, -0.2) is 4.98 Å². The van der Waals surface area contributed by atoms with Crippen molar-refractivity contribution in [3.05, 3.63) is 82.6 Å². The van der Waals surface area contributed by atoms with Gasteiger partial charge in [0.1, 0.15) is 17.4 Å². The van der Waals surface area contributed by atoms with Crippen LogP contribution in [0.4, 0.5) is 11.5 Å². The normalized spacial score (nSPS) is 14.2. The molecule has 1 saturated heterocycles. The number of nitrogens with zero attached hydrogens (tertiary/aromatic N) is 2. The van der Waals surface area contributed by atoms with E-state index in [9.17, 15) is 20.0 Å². The molecule has 0 radical (unpaired) electrons. The molecule has 3 heterocycles. The fraction of sp³-hybridized carbons (Fsp3) is 0.143. The number of phenols is 1. The summed E-state index contributed by atoms with van der Waals surface area (Å²) >= 11 is 1.28. The zero-order valence-corrected chi connectivity index (χ0v) is 21.7. The van der Waals surface area contributed by atoms with Crippen molar-refractivity contribution in [2.45, 2.75) is 18.9 Å². The fourth-order valence-corrected chi connectivity index (χ4v) is 4.90. The van der Waals surface area contributed by atoms with Gasteiger partial charge >= 0.3 is 0 Å². The van der Waals surface area contributed by atoms with Crippen molar-refractivity contribution in [1.29, 1.82) is 5.26 Å². The van der Waals surface area contributed by atoms with Gasteiger partial charge in [-0.15, -0.1) is 23.7 Å². The Morgan fingerprint density at radius 3 is 2.61 bits per heavy atom. The van der Waals surface area contributed by atoms with Crippen LogP contribution in [0.2, 0.25) is 0 Å². The highest BCUT2D eigenvalue weighted by atomic mass is 35.5. The van der Waals surface area contributed by atoms with E-state index >= 15 is 0 Å². The molecule has 4 N–H and O–H groups in total. The number of carbonyl (C=O) groups is 2. The molecule has 2 aromatic carbocycles. The highest BCUT2D eigenvalue weighted by Crippen LogP contribution is 2.36. The van der Waals surface area contributed by atoms with Crippen molar-refractivity contribution in [2.24, 2.45) is 0 Å². The van der Waals surface area contributed by atoms with Crippen LogP contribution in [-0.4, -0.2) is 34.5 Å². The van der Waals surface area contributed by atoms with E-state index in [2.05, 4.69) is 27.0 Å². The molecule has 2 aromatic heterocycles. The molecule has 2 amide bonds. The Kier molecular flexibility index (Phi) is 8.38. The minimum absolute atomic E-state index is 0. The number of carbonyl (C=O) groups excluding carboxylic acids is 2. The second-order valence-corrected chi connectivity index (χ2v) is 9.51. The van der Waals surface area contributed by atoms with Gasteiger partial charge in [-0.05, 0) is 66.7 Å². The minimum atomic E-state index is -0.385. The second kappa shape index (κ2) is 11.9. The quantitative estimate of drug-likeness (QED) is 0.256. The molecule has 8 nitrogen and oxygen atoms in total. The third kappa shape index (κ3) is 5.68. The largest absolute Gasteiger partial charge is 0.507 e. The van der Waals surface area contributed by atoms with Crippen molar-refractivity contribution >= 4 is 47.1 Å². The first-order valence-electron chi connectivity index (χ1n) is 11.8. The van der Waals surface area contributed by atoms with Crippen LogP contribution in [0.15, 0.2) is 72.1 Å². The molecule has 0 aliphatic carbocycles. The Hall–Kier alpha value is -4.23. The van der Waals surface area contributed by atoms with Crippen molar-refractivity contribution in [2.75, 3.05) is 17.2 Å². The maximum atomic E-state index is 12.9. The number of hydrogen-bond donors (Lipinski definition) is 4. The molecule has 1 atom stereocenters. The zero-order chi connectivity index (χ0) is 25.8. The van der Waals surface area contributed by atoms with Gasteiger partial charge in [0.05, 0.1) is 16.6 Å². The Labute approximate surface area is 229 Å². The summed E-state index contributed by atoms with van der Waals surface area (Å²) in [4.78, 5) is 30.5. The fourth-order valence-electron chi connectivity index (χ4n) is 4.28. The van der Waals surface area contributed by atoms with E-state index in [1.165, 1.54) is 11.3 Å². The summed E-state index contributed by atoms with van der Waals surface area (Å²) in [6, 6.07) is 21.0. The Bertz CT molecular complexity index is 1510. The average molecular weight is 546 g/mol. The van der Waals surface area contributed by atoms with E-state index in [1.54, 1.807) is 66.0 Å². The Morgan fingerprint density at radius 1 is 1.05 bits per heavy atom. The molecule has 192 valence electrons. The monoisotopic (exact) mass is 545 g/mol. The van der Waals surface area contributed by atoms with Crippen LogP contribution in [0.1, 0.15) is 28.1 Å². The van der Waals surface area contributed by atoms with Crippen LogP contribution in [0.25, 0.3) is 22.4 Å². The zero-order valence-electron chi connectivity index (χ0n) is 20.1. The molecule has 0 spiro atoms.